The predicted octanol–water partition coefficient (Wildman–Crippen LogP) is 1.29. The lowest BCUT2D eigenvalue weighted by Gasteiger charge is -2.50. The average Bonchev–Trinajstić information content (AvgIpc) is 3.30. The van der Waals surface area contributed by atoms with Gasteiger partial charge in [0.15, 0.2) is 0 Å². The molecule has 4 atom stereocenters. The number of carbonyl (C=O) groups excluding carboxylic acids is 2. The Morgan fingerprint density at radius 3 is 2.58 bits per heavy atom. The third kappa shape index (κ3) is 4.88. The molecule has 5 heterocycles. The normalized spacial score (nSPS) is 27.5. The molecule has 0 aliphatic carbocycles. The van der Waals surface area contributed by atoms with Crippen molar-refractivity contribution in [1.29, 1.82) is 0 Å². The van der Waals surface area contributed by atoms with E-state index in [-0.39, 0.29) is 23.7 Å². The van der Waals surface area contributed by atoms with Crippen molar-refractivity contribution < 1.29 is 14.3 Å². The number of likely N-dealkylation sites (tertiary alicyclic amines) is 1. The minimum atomic E-state index is -0.240. The van der Waals surface area contributed by atoms with Crippen molar-refractivity contribution in [2.24, 2.45) is 23.5 Å². The van der Waals surface area contributed by atoms with E-state index in [1.165, 1.54) is 0 Å². The van der Waals surface area contributed by atoms with Gasteiger partial charge in [0.25, 0.3) is 0 Å². The average molecular weight is 453 g/mol. The van der Waals surface area contributed by atoms with Crippen molar-refractivity contribution >= 4 is 11.8 Å². The van der Waals surface area contributed by atoms with Crippen LogP contribution in [0, 0.1) is 17.8 Å². The number of nitrogens with zero attached hydrogens (tertiary/aromatic N) is 5. The van der Waals surface area contributed by atoms with Gasteiger partial charge in [-0.1, -0.05) is 23.4 Å². The van der Waals surface area contributed by atoms with Gasteiger partial charge >= 0.3 is 0 Å². The van der Waals surface area contributed by atoms with Gasteiger partial charge in [-0.2, -0.15) is 0 Å². The number of carbonyl (C=O) groups is 2. The summed E-state index contributed by atoms with van der Waals surface area (Å²) in [6.45, 7) is 4.30. The van der Waals surface area contributed by atoms with Gasteiger partial charge in [-0.05, 0) is 50.3 Å². The highest BCUT2D eigenvalue weighted by Gasteiger charge is 2.45. The van der Waals surface area contributed by atoms with Crippen molar-refractivity contribution in [2.45, 2.75) is 44.9 Å². The highest BCUT2D eigenvalue weighted by atomic mass is 16.5. The highest BCUT2D eigenvalue weighted by Crippen LogP contribution is 2.38. The van der Waals surface area contributed by atoms with Gasteiger partial charge in [0.1, 0.15) is 18.1 Å². The molecule has 0 spiro atoms. The van der Waals surface area contributed by atoms with Crippen molar-refractivity contribution in [3.8, 4) is 5.75 Å². The first kappa shape index (κ1) is 21.9. The Morgan fingerprint density at radius 1 is 1.09 bits per heavy atom. The second-order valence-corrected chi connectivity index (χ2v) is 9.58. The molecular formula is C24H32N6O3. The minimum absolute atomic E-state index is 0.0608. The number of benzene rings is 1. The molecule has 176 valence electrons. The largest absolute Gasteiger partial charge is 0.487 e. The summed E-state index contributed by atoms with van der Waals surface area (Å²) in [6, 6.07) is 10.1. The molecule has 6 rings (SSSR count). The molecule has 9 nitrogen and oxygen atoms in total. The second-order valence-electron chi connectivity index (χ2n) is 9.58. The lowest BCUT2D eigenvalue weighted by atomic mass is 9.74. The first-order valence-corrected chi connectivity index (χ1v) is 12.0. The van der Waals surface area contributed by atoms with E-state index in [1.807, 2.05) is 46.1 Å². The smallest absolute Gasteiger partial charge is 0.227 e. The van der Waals surface area contributed by atoms with Crippen LogP contribution in [-0.2, 0) is 22.7 Å². The van der Waals surface area contributed by atoms with Gasteiger partial charge in [0.2, 0.25) is 11.8 Å². The molecule has 2 bridgehead atoms. The summed E-state index contributed by atoms with van der Waals surface area (Å²) in [4.78, 5) is 29.0. The topological polar surface area (TPSA) is 107 Å². The van der Waals surface area contributed by atoms with Crippen LogP contribution >= 0.6 is 0 Å². The van der Waals surface area contributed by atoms with Crippen LogP contribution in [-0.4, -0.2) is 68.8 Å². The zero-order valence-electron chi connectivity index (χ0n) is 18.9. The van der Waals surface area contributed by atoms with Crippen LogP contribution in [0.3, 0.4) is 0 Å². The summed E-state index contributed by atoms with van der Waals surface area (Å²) in [7, 11) is 0. The number of hydrogen-bond acceptors (Lipinski definition) is 6. The van der Waals surface area contributed by atoms with E-state index < -0.39 is 0 Å². The molecule has 1 unspecified atom stereocenters. The SMILES string of the molecule is NC(=O)C1CCN(C(=O)[C@H]2CN3CC[C@H]2C[C@@H]3Cn2cc(COc3ccccc3)nn2)CC1. The molecule has 0 saturated carbocycles. The molecule has 0 radical (unpaired) electrons. The van der Waals surface area contributed by atoms with Crippen molar-refractivity contribution in [3.63, 3.8) is 0 Å². The number of piperidine rings is 4. The number of primary amides is 1. The lowest BCUT2D eigenvalue weighted by molar-refractivity contribution is -0.146. The highest BCUT2D eigenvalue weighted by molar-refractivity contribution is 5.81. The van der Waals surface area contributed by atoms with E-state index in [0.29, 0.717) is 44.5 Å². The zero-order chi connectivity index (χ0) is 22.8. The van der Waals surface area contributed by atoms with E-state index in [9.17, 15) is 9.59 Å². The number of fused-ring (bicyclic) bond motifs is 3. The Morgan fingerprint density at radius 2 is 1.88 bits per heavy atom. The van der Waals surface area contributed by atoms with Gasteiger partial charge in [-0.25, -0.2) is 0 Å². The Hall–Kier alpha value is -2.94. The standard InChI is InChI=1S/C24H32N6O3/c25-23(31)17-6-9-28(10-7-17)24(32)22-15-29-11-8-18(22)12-20(29)14-30-13-19(26-27-30)16-33-21-4-2-1-3-5-21/h1-5,13,17-18,20,22H,6-12,14-16H2,(H2,25,31)/t18-,20+,22-/m0/s1. The van der Waals surface area contributed by atoms with Crippen molar-refractivity contribution in [1.82, 2.24) is 24.8 Å². The van der Waals surface area contributed by atoms with E-state index in [2.05, 4.69) is 15.2 Å². The number of amides is 2. The van der Waals surface area contributed by atoms with Crippen LogP contribution in [0.1, 0.15) is 31.4 Å². The molecule has 9 heteroatoms. The Balaban J connectivity index is 1.13. The third-order valence-electron chi connectivity index (χ3n) is 7.52. The molecular weight excluding hydrogens is 420 g/mol. The summed E-state index contributed by atoms with van der Waals surface area (Å²) in [5, 5.41) is 8.56. The van der Waals surface area contributed by atoms with Crippen molar-refractivity contribution in [3.05, 3.63) is 42.2 Å². The Bertz CT molecular complexity index is 972. The van der Waals surface area contributed by atoms with E-state index in [0.717, 1.165) is 43.9 Å². The summed E-state index contributed by atoms with van der Waals surface area (Å²) in [5.74, 6) is 1.22. The lowest BCUT2D eigenvalue weighted by Crippen LogP contribution is -2.59. The maximum atomic E-state index is 13.2. The van der Waals surface area contributed by atoms with Crippen LogP contribution < -0.4 is 10.5 Å². The summed E-state index contributed by atoms with van der Waals surface area (Å²) in [5.41, 5.74) is 6.24. The van der Waals surface area contributed by atoms with Crippen molar-refractivity contribution in [2.75, 3.05) is 26.2 Å². The van der Waals surface area contributed by atoms with Crippen LogP contribution in [0.4, 0.5) is 0 Å². The molecule has 2 amide bonds. The van der Waals surface area contributed by atoms with E-state index in [4.69, 9.17) is 10.5 Å². The number of ether oxygens (including phenoxy) is 1. The van der Waals surface area contributed by atoms with E-state index >= 15 is 0 Å². The van der Waals surface area contributed by atoms with E-state index in [1.54, 1.807) is 0 Å². The quantitative estimate of drug-likeness (QED) is 0.679. The fourth-order valence-corrected chi connectivity index (χ4v) is 5.61. The van der Waals surface area contributed by atoms with Gasteiger partial charge in [0, 0.05) is 31.6 Å². The molecule has 4 aliphatic rings. The Labute approximate surface area is 193 Å². The van der Waals surface area contributed by atoms with Crippen LogP contribution in [0.25, 0.3) is 0 Å². The number of hydrogen-bond donors (Lipinski definition) is 1. The number of rotatable bonds is 7. The minimum Gasteiger partial charge on any atom is -0.487 e. The third-order valence-corrected chi connectivity index (χ3v) is 7.52. The maximum Gasteiger partial charge on any atom is 0.227 e. The van der Waals surface area contributed by atoms with Gasteiger partial charge in [-0.15, -0.1) is 5.10 Å². The summed E-state index contributed by atoms with van der Waals surface area (Å²) in [6.07, 6.45) is 5.40. The maximum absolute atomic E-state index is 13.2. The van der Waals surface area contributed by atoms with Crippen LogP contribution in [0.5, 0.6) is 5.75 Å². The fourth-order valence-electron chi connectivity index (χ4n) is 5.61. The number of aromatic nitrogens is 3. The molecule has 4 aliphatic heterocycles. The molecule has 4 fully saturated rings. The molecule has 1 aromatic carbocycles. The van der Waals surface area contributed by atoms with Gasteiger partial charge in [-0.3, -0.25) is 19.2 Å². The zero-order valence-corrected chi connectivity index (χ0v) is 18.9. The Kier molecular flexibility index (Phi) is 6.30. The molecule has 1 aromatic heterocycles. The number of para-hydroxylation sites is 1. The van der Waals surface area contributed by atoms with Crippen LogP contribution in [0.15, 0.2) is 36.5 Å². The predicted molar refractivity (Wildman–Crippen MR) is 121 cm³/mol. The van der Waals surface area contributed by atoms with Gasteiger partial charge in [0.05, 0.1) is 18.7 Å². The summed E-state index contributed by atoms with van der Waals surface area (Å²) >= 11 is 0. The molecule has 2 N–H and O–H groups in total. The molecule has 4 saturated heterocycles. The van der Waals surface area contributed by atoms with Gasteiger partial charge < -0.3 is 15.4 Å². The monoisotopic (exact) mass is 452 g/mol. The number of nitrogens with two attached hydrogens (primary N) is 1. The fraction of sp³-hybridized carbons (Fsp3) is 0.583. The molecule has 2 aromatic rings. The first-order chi connectivity index (χ1) is 16.1. The first-order valence-electron chi connectivity index (χ1n) is 12.0. The second kappa shape index (κ2) is 9.51. The van der Waals surface area contributed by atoms with Crippen LogP contribution in [0.2, 0.25) is 0 Å². The molecule has 33 heavy (non-hydrogen) atoms. The summed E-state index contributed by atoms with van der Waals surface area (Å²) < 4.78 is 7.67.